The van der Waals surface area contributed by atoms with Crippen molar-refractivity contribution in [2.45, 2.75) is 6.92 Å². The van der Waals surface area contributed by atoms with Crippen LogP contribution in [0.15, 0.2) is 12.1 Å². The monoisotopic (exact) mass is 239 g/mol. The first-order chi connectivity index (χ1) is 8.13. The molecule has 90 valence electrons. The highest BCUT2D eigenvalue weighted by atomic mass is 16.7. The standard InChI is InChI=1S/C10H9NO6/c1-2-15-10(12)6-3-7(11(13)14)9-8(4-6)16-5-17-9/h3-4H,2,5H2,1H3. The first-order valence-electron chi connectivity index (χ1n) is 4.88. The summed E-state index contributed by atoms with van der Waals surface area (Å²) in [5, 5.41) is 10.8. The molecule has 0 atom stereocenters. The molecule has 0 aliphatic carbocycles. The van der Waals surface area contributed by atoms with Crippen LogP contribution in [0.1, 0.15) is 17.3 Å². The molecule has 0 unspecified atom stereocenters. The Labute approximate surface area is 96.0 Å². The molecule has 1 heterocycles. The summed E-state index contributed by atoms with van der Waals surface area (Å²) in [5.41, 5.74) is -0.231. The smallest absolute Gasteiger partial charge is 0.338 e. The molecule has 17 heavy (non-hydrogen) atoms. The fraction of sp³-hybridized carbons (Fsp3) is 0.300. The predicted octanol–water partition coefficient (Wildman–Crippen LogP) is 1.50. The van der Waals surface area contributed by atoms with E-state index in [1.54, 1.807) is 6.92 Å². The summed E-state index contributed by atoms with van der Waals surface area (Å²) in [6.07, 6.45) is 0. The van der Waals surface area contributed by atoms with E-state index < -0.39 is 10.9 Å². The summed E-state index contributed by atoms with van der Waals surface area (Å²) in [5.74, 6) is -0.404. The third-order valence-electron chi connectivity index (χ3n) is 2.16. The average Bonchev–Trinajstić information content (AvgIpc) is 2.75. The van der Waals surface area contributed by atoms with Gasteiger partial charge in [-0.1, -0.05) is 0 Å². The molecule has 1 aromatic carbocycles. The van der Waals surface area contributed by atoms with Crippen molar-refractivity contribution in [2.24, 2.45) is 0 Å². The molecule has 1 aliphatic rings. The van der Waals surface area contributed by atoms with Crippen molar-refractivity contribution in [1.82, 2.24) is 0 Å². The SMILES string of the molecule is CCOC(=O)c1cc2c(c([N+](=O)[O-])c1)OCO2. The van der Waals surface area contributed by atoms with Gasteiger partial charge in [-0.2, -0.15) is 0 Å². The summed E-state index contributed by atoms with van der Waals surface area (Å²) in [4.78, 5) is 21.7. The Morgan fingerprint density at radius 1 is 1.53 bits per heavy atom. The highest BCUT2D eigenvalue weighted by Gasteiger charge is 2.28. The largest absolute Gasteiger partial charge is 0.462 e. The molecule has 0 saturated carbocycles. The number of rotatable bonds is 3. The van der Waals surface area contributed by atoms with Crippen LogP contribution < -0.4 is 9.47 Å². The fourth-order valence-electron chi connectivity index (χ4n) is 1.46. The fourth-order valence-corrected chi connectivity index (χ4v) is 1.46. The van der Waals surface area contributed by atoms with E-state index in [-0.39, 0.29) is 36.1 Å². The molecular weight excluding hydrogens is 230 g/mol. The van der Waals surface area contributed by atoms with Crippen molar-refractivity contribution < 1.29 is 23.9 Å². The van der Waals surface area contributed by atoms with Crippen molar-refractivity contribution in [2.75, 3.05) is 13.4 Å². The second kappa shape index (κ2) is 4.28. The summed E-state index contributed by atoms with van der Waals surface area (Å²) in [6, 6.07) is 2.48. The van der Waals surface area contributed by atoms with Crippen LogP contribution in [0.2, 0.25) is 0 Å². The molecular formula is C10H9NO6. The molecule has 0 saturated heterocycles. The number of esters is 1. The van der Waals surface area contributed by atoms with Crippen LogP contribution in [0.5, 0.6) is 11.5 Å². The van der Waals surface area contributed by atoms with Crippen LogP contribution in [0.3, 0.4) is 0 Å². The Morgan fingerprint density at radius 2 is 2.29 bits per heavy atom. The van der Waals surface area contributed by atoms with Crippen LogP contribution >= 0.6 is 0 Å². The van der Waals surface area contributed by atoms with Crippen LogP contribution in [-0.2, 0) is 4.74 Å². The van der Waals surface area contributed by atoms with Crippen molar-refractivity contribution in [3.8, 4) is 11.5 Å². The molecule has 7 nitrogen and oxygen atoms in total. The topological polar surface area (TPSA) is 87.9 Å². The lowest BCUT2D eigenvalue weighted by Crippen LogP contribution is -2.05. The number of carbonyl (C=O) groups excluding carboxylic acids is 1. The van der Waals surface area contributed by atoms with Gasteiger partial charge < -0.3 is 14.2 Å². The van der Waals surface area contributed by atoms with Gasteiger partial charge in [-0.05, 0) is 13.0 Å². The van der Waals surface area contributed by atoms with Gasteiger partial charge >= 0.3 is 11.7 Å². The summed E-state index contributed by atoms with van der Waals surface area (Å²) in [6.45, 7) is 1.75. The van der Waals surface area contributed by atoms with Crippen LogP contribution in [-0.4, -0.2) is 24.3 Å². The zero-order valence-corrected chi connectivity index (χ0v) is 8.97. The van der Waals surface area contributed by atoms with Crippen molar-refractivity contribution >= 4 is 11.7 Å². The van der Waals surface area contributed by atoms with Gasteiger partial charge in [0.25, 0.3) is 0 Å². The van der Waals surface area contributed by atoms with E-state index in [9.17, 15) is 14.9 Å². The maximum absolute atomic E-state index is 11.5. The average molecular weight is 239 g/mol. The molecule has 0 radical (unpaired) electrons. The van der Waals surface area contributed by atoms with Crippen molar-refractivity contribution in [1.29, 1.82) is 0 Å². The van der Waals surface area contributed by atoms with Crippen molar-refractivity contribution in [3.05, 3.63) is 27.8 Å². The van der Waals surface area contributed by atoms with E-state index in [1.165, 1.54) is 6.07 Å². The molecule has 0 fully saturated rings. The van der Waals surface area contributed by atoms with Gasteiger partial charge in [0, 0.05) is 6.07 Å². The zero-order valence-electron chi connectivity index (χ0n) is 8.97. The van der Waals surface area contributed by atoms with Gasteiger partial charge in [0.05, 0.1) is 17.1 Å². The first-order valence-corrected chi connectivity index (χ1v) is 4.88. The number of fused-ring (bicyclic) bond motifs is 1. The van der Waals surface area contributed by atoms with Crippen LogP contribution in [0.4, 0.5) is 5.69 Å². The van der Waals surface area contributed by atoms with Gasteiger partial charge in [0.2, 0.25) is 12.5 Å². The Morgan fingerprint density at radius 3 is 2.94 bits per heavy atom. The third-order valence-corrected chi connectivity index (χ3v) is 2.16. The highest BCUT2D eigenvalue weighted by Crippen LogP contribution is 2.41. The number of hydrogen-bond acceptors (Lipinski definition) is 6. The second-order valence-corrected chi connectivity index (χ2v) is 3.21. The molecule has 7 heteroatoms. The number of nitro benzene ring substituents is 1. The number of carbonyl (C=O) groups is 1. The molecule has 1 aliphatic heterocycles. The zero-order chi connectivity index (χ0) is 12.4. The second-order valence-electron chi connectivity index (χ2n) is 3.21. The highest BCUT2D eigenvalue weighted by molar-refractivity contribution is 5.91. The Bertz CT molecular complexity index is 484. The van der Waals surface area contributed by atoms with E-state index in [0.29, 0.717) is 0 Å². The Hall–Kier alpha value is -2.31. The molecule has 1 aromatic rings. The van der Waals surface area contributed by atoms with E-state index in [1.807, 2.05) is 0 Å². The van der Waals surface area contributed by atoms with Gasteiger partial charge in [-0.25, -0.2) is 4.79 Å². The lowest BCUT2D eigenvalue weighted by atomic mass is 10.1. The molecule has 0 aromatic heterocycles. The predicted molar refractivity (Wildman–Crippen MR) is 55.2 cm³/mol. The molecule has 0 bridgehead atoms. The summed E-state index contributed by atoms with van der Waals surface area (Å²) < 4.78 is 14.8. The number of hydrogen-bond donors (Lipinski definition) is 0. The lowest BCUT2D eigenvalue weighted by Gasteiger charge is -2.03. The lowest BCUT2D eigenvalue weighted by molar-refractivity contribution is -0.385. The number of nitro groups is 1. The van der Waals surface area contributed by atoms with Gasteiger partial charge in [0.15, 0.2) is 5.75 Å². The quantitative estimate of drug-likeness (QED) is 0.451. The van der Waals surface area contributed by atoms with Gasteiger partial charge in [-0.15, -0.1) is 0 Å². The maximum Gasteiger partial charge on any atom is 0.338 e. The number of benzene rings is 1. The Balaban J connectivity index is 2.46. The molecule has 0 spiro atoms. The molecule has 2 rings (SSSR count). The first kappa shape index (κ1) is 11.2. The normalized spacial score (nSPS) is 12.3. The van der Waals surface area contributed by atoms with E-state index in [0.717, 1.165) is 6.07 Å². The van der Waals surface area contributed by atoms with Crippen molar-refractivity contribution in [3.63, 3.8) is 0 Å². The third kappa shape index (κ3) is 1.99. The van der Waals surface area contributed by atoms with Crippen LogP contribution in [0.25, 0.3) is 0 Å². The maximum atomic E-state index is 11.5. The van der Waals surface area contributed by atoms with E-state index in [4.69, 9.17) is 14.2 Å². The summed E-state index contributed by atoms with van der Waals surface area (Å²) in [7, 11) is 0. The minimum atomic E-state index is -0.631. The van der Waals surface area contributed by atoms with Gasteiger partial charge in [0.1, 0.15) is 0 Å². The number of nitrogens with zero attached hydrogens (tertiary/aromatic N) is 1. The number of ether oxygens (including phenoxy) is 3. The summed E-state index contributed by atoms with van der Waals surface area (Å²) >= 11 is 0. The Kier molecular flexibility index (Phi) is 2.82. The van der Waals surface area contributed by atoms with E-state index in [2.05, 4.69) is 0 Å². The minimum Gasteiger partial charge on any atom is -0.462 e. The van der Waals surface area contributed by atoms with Crippen LogP contribution in [0, 0.1) is 10.1 Å². The molecule has 0 N–H and O–H groups in total. The molecule has 0 amide bonds. The van der Waals surface area contributed by atoms with E-state index >= 15 is 0 Å². The minimum absolute atomic E-state index is 0.0445. The van der Waals surface area contributed by atoms with Gasteiger partial charge in [-0.3, -0.25) is 10.1 Å².